The molecule has 9 nitrogen and oxygen atoms in total. The van der Waals surface area contributed by atoms with E-state index in [0.29, 0.717) is 6.42 Å². The van der Waals surface area contributed by atoms with E-state index in [1.54, 1.807) is 6.08 Å². The maximum absolute atomic E-state index is 13.2. The zero-order valence-electron chi connectivity index (χ0n) is 59.8. The number of unbranched alkanes of at least 4 members (excludes halogenated alkanes) is 42. The Morgan fingerprint density at radius 3 is 1.04 bits per heavy atom. The molecule has 9 heteroatoms. The maximum atomic E-state index is 13.2. The topological polar surface area (TPSA) is 149 Å². The number of carbonyl (C=O) groups is 1. The second kappa shape index (κ2) is 70.6. The molecule has 0 saturated carbocycles. The number of hydrogen-bond acceptors (Lipinski definition) is 8. The summed E-state index contributed by atoms with van der Waals surface area (Å²) in [4.78, 5) is 13.2. The van der Waals surface area contributed by atoms with E-state index in [4.69, 9.17) is 9.47 Å². The number of amides is 1. The van der Waals surface area contributed by atoms with Gasteiger partial charge in [-0.15, -0.1) is 0 Å². The molecule has 6 N–H and O–H groups in total. The zero-order chi connectivity index (χ0) is 66.4. The van der Waals surface area contributed by atoms with Gasteiger partial charge in [0.05, 0.1) is 25.4 Å². The molecule has 1 heterocycles. The molecule has 92 heavy (non-hydrogen) atoms. The average molecular weight is 1290 g/mol. The average Bonchev–Trinajstić information content (AvgIpc) is 1.00. The molecule has 1 fully saturated rings. The lowest BCUT2D eigenvalue weighted by atomic mass is 9.99. The first-order valence-corrected chi connectivity index (χ1v) is 39.1. The normalized spacial score (nSPS) is 18.3. The van der Waals surface area contributed by atoms with Crippen LogP contribution in [0, 0.1) is 0 Å². The number of aliphatic hydroxyl groups excluding tert-OH is 5. The van der Waals surface area contributed by atoms with Gasteiger partial charge < -0.3 is 40.3 Å². The van der Waals surface area contributed by atoms with E-state index in [9.17, 15) is 30.3 Å². The quantitative estimate of drug-likeness (QED) is 0.0261. The minimum absolute atomic E-state index is 0.189. The fraction of sp³-hybridized carbons (Fsp3) is 0.771. The molecule has 7 atom stereocenters. The Bertz CT molecular complexity index is 1830. The van der Waals surface area contributed by atoms with Crippen LogP contribution in [0.1, 0.15) is 354 Å². The smallest absolute Gasteiger partial charge is 0.220 e. The van der Waals surface area contributed by atoms with Crippen molar-refractivity contribution >= 4 is 5.91 Å². The van der Waals surface area contributed by atoms with Gasteiger partial charge in [-0.25, -0.2) is 0 Å². The van der Waals surface area contributed by atoms with Crippen LogP contribution in [-0.4, -0.2) is 87.5 Å². The second-order valence-electron chi connectivity index (χ2n) is 26.8. The predicted octanol–water partition coefficient (Wildman–Crippen LogP) is 22.4. The van der Waals surface area contributed by atoms with E-state index in [1.807, 2.05) is 6.08 Å². The van der Waals surface area contributed by atoms with E-state index in [2.05, 4.69) is 116 Å². The van der Waals surface area contributed by atoms with Crippen molar-refractivity contribution in [2.24, 2.45) is 0 Å². The summed E-state index contributed by atoms with van der Waals surface area (Å²) in [5.41, 5.74) is 0. The molecule has 0 aliphatic carbocycles. The lowest BCUT2D eigenvalue weighted by Gasteiger charge is -2.40. The highest BCUT2D eigenvalue weighted by molar-refractivity contribution is 5.76. The Balaban J connectivity index is 2.12. The van der Waals surface area contributed by atoms with E-state index >= 15 is 0 Å². The first kappa shape index (κ1) is 86.9. The predicted molar refractivity (Wildman–Crippen MR) is 396 cm³/mol. The van der Waals surface area contributed by atoms with Crippen LogP contribution in [0.15, 0.2) is 109 Å². The van der Waals surface area contributed by atoms with Gasteiger partial charge in [-0.2, -0.15) is 0 Å². The molecule has 1 rings (SSSR count). The van der Waals surface area contributed by atoms with Gasteiger partial charge in [-0.1, -0.05) is 361 Å². The summed E-state index contributed by atoms with van der Waals surface area (Å²) in [5.74, 6) is -0.189. The molecule has 7 unspecified atom stereocenters. The molecule has 532 valence electrons. The fourth-order valence-electron chi connectivity index (χ4n) is 12.0. The van der Waals surface area contributed by atoms with Crippen LogP contribution >= 0.6 is 0 Å². The highest BCUT2D eigenvalue weighted by atomic mass is 16.7. The second-order valence-corrected chi connectivity index (χ2v) is 26.8. The van der Waals surface area contributed by atoms with Crippen LogP contribution in [0.2, 0.25) is 0 Å². The molecule has 0 bridgehead atoms. The number of rotatable bonds is 68. The first-order chi connectivity index (χ1) is 45.3. The number of ether oxygens (including phenoxy) is 2. The molecule has 0 aromatic rings. The lowest BCUT2D eigenvalue weighted by molar-refractivity contribution is -0.302. The van der Waals surface area contributed by atoms with E-state index in [-0.39, 0.29) is 12.5 Å². The molecular weight excluding hydrogens is 1140 g/mol. The molecule has 0 aromatic heterocycles. The minimum Gasteiger partial charge on any atom is -0.394 e. The molecule has 0 radical (unpaired) electrons. The summed E-state index contributed by atoms with van der Waals surface area (Å²) >= 11 is 0. The Hall–Kier alpha value is -3.15. The van der Waals surface area contributed by atoms with Crippen molar-refractivity contribution in [3.05, 3.63) is 109 Å². The number of aliphatic hydroxyl groups is 5. The van der Waals surface area contributed by atoms with Crippen molar-refractivity contribution in [1.82, 2.24) is 5.32 Å². The number of nitrogens with one attached hydrogen (secondary N) is 1. The monoisotopic (exact) mass is 1290 g/mol. The standard InChI is InChI=1S/C83H147NO8/c1-3-5-7-9-11-13-15-17-19-21-23-25-27-29-31-33-35-37-38-39-40-41-43-45-47-49-51-53-55-57-59-61-63-65-67-69-71-73-79(87)84-76(75-91-83-82(90)81(89)80(88)78(74-85)92-83)77(86)72-70-68-66-64-62-60-58-56-54-52-50-48-46-44-42-36-34-32-30-28-26-24-22-20-18-16-14-12-10-8-6-4-2/h5,7,11,13,17,19,23,25,29,31,35,37,54,56,62,64,70,72,76-78,80-83,85-86,88-90H,3-4,6,8-10,12,14-16,18,20-22,24,26-28,30,32-34,36,38-53,55,57-61,63,65-69,71,73-75H2,1-2H3,(H,84,87)/b7-5-,13-11-,19-17-,25-23-,31-29-,37-35-,56-54+,64-62+,72-70+. The Morgan fingerprint density at radius 1 is 0.380 bits per heavy atom. The molecule has 0 spiro atoms. The van der Waals surface area contributed by atoms with Crippen LogP contribution in [-0.2, 0) is 14.3 Å². The largest absolute Gasteiger partial charge is 0.394 e. The Morgan fingerprint density at radius 2 is 0.685 bits per heavy atom. The van der Waals surface area contributed by atoms with Crippen LogP contribution in [0.25, 0.3) is 0 Å². The van der Waals surface area contributed by atoms with Crippen molar-refractivity contribution in [1.29, 1.82) is 0 Å². The summed E-state index contributed by atoms with van der Waals surface area (Å²) < 4.78 is 11.3. The third-order valence-corrected chi connectivity index (χ3v) is 18.1. The molecule has 1 aliphatic heterocycles. The molecular formula is C83H147NO8. The van der Waals surface area contributed by atoms with Crippen molar-refractivity contribution in [3.63, 3.8) is 0 Å². The third kappa shape index (κ3) is 58.2. The number of carbonyl (C=O) groups excluding carboxylic acids is 1. The lowest BCUT2D eigenvalue weighted by Crippen LogP contribution is -2.60. The fourth-order valence-corrected chi connectivity index (χ4v) is 12.0. The number of allylic oxidation sites excluding steroid dienone is 17. The van der Waals surface area contributed by atoms with Gasteiger partial charge in [0, 0.05) is 6.42 Å². The summed E-state index contributed by atoms with van der Waals surface area (Å²) in [7, 11) is 0. The van der Waals surface area contributed by atoms with Gasteiger partial charge in [-0.05, 0) is 96.3 Å². The Labute approximate surface area is 567 Å². The van der Waals surface area contributed by atoms with Crippen molar-refractivity contribution < 1.29 is 39.8 Å². The highest BCUT2D eigenvalue weighted by Crippen LogP contribution is 2.23. The van der Waals surface area contributed by atoms with Crippen molar-refractivity contribution in [3.8, 4) is 0 Å². The van der Waals surface area contributed by atoms with E-state index < -0.39 is 49.5 Å². The Kier molecular flexibility index (Phi) is 66.7. The molecule has 1 aliphatic rings. The summed E-state index contributed by atoms with van der Waals surface area (Å²) in [6.07, 6.45) is 98.0. The third-order valence-electron chi connectivity index (χ3n) is 18.1. The minimum atomic E-state index is -1.58. The van der Waals surface area contributed by atoms with Gasteiger partial charge in [-0.3, -0.25) is 4.79 Å². The van der Waals surface area contributed by atoms with E-state index in [1.165, 1.54) is 250 Å². The molecule has 0 aromatic carbocycles. The van der Waals surface area contributed by atoms with Crippen LogP contribution in [0.5, 0.6) is 0 Å². The van der Waals surface area contributed by atoms with Crippen molar-refractivity contribution in [2.75, 3.05) is 13.2 Å². The van der Waals surface area contributed by atoms with Crippen LogP contribution in [0.3, 0.4) is 0 Å². The molecule has 1 saturated heterocycles. The van der Waals surface area contributed by atoms with Gasteiger partial charge in [0.1, 0.15) is 24.4 Å². The molecule has 1 amide bonds. The maximum Gasteiger partial charge on any atom is 0.220 e. The van der Waals surface area contributed by atoms with Gasteiger partial charge in [0.2, 0.25) is 5.91 Å². The first-order valence-electron chi connectivity index (χ1n) is 39.1. The summed E-state index contributed by atoms with van der Waals surface area (Å²) in [6, 6.07) is -0.835. The van der Waals surface area contributed by atoms with Crippen LogP contribution in [0.4, 0.5) is 0 Å². The van der Waals surface area contributed by atoms with Gasteiger partial charge in [0.25, 0.3) is 0 Å². The number of hydrogen-bond donors (Lipinski definition) is 6. The van der Waals surface area contributed by atoms with Gasteiger partial charge in [0.15, 0.2) is 6.29 Å². The SMILES string of the molecule is CC/C=C\C/C=C\C/C=C\C/C=C\C/C=C\C/C=C\CCCCCCCCCCCCCCCCCCCCC(=O)NC(COC1OC(CO)C(O)C(O)C1O)C(O)/C=C/CC/C=C/CC/C=C/CCCCCCCCCCCCCCCCCCCCCCCC. The van der Waals surface area contributed by atoms with Crippen LogP contribution < -0.4 is 5.32 Å². The van der Waals surface area contributed by atoms with Crippen molar-refractivity contribution in [2.45, 2.75) is 397 Å². The highest BCUT2D eigenvalue weighted by Gasteiger charge is 2.44. The van der Waals surface area contributed by atoms with E-state index in [0.717, 1.165) is 83.5 Å². The van der Waals surface area contributed by atoms with Gasteiger partial charge >= 0.3 is 0 Å². The summed E-state index contributed by atoms with van der Waals surface area (Å²) in [5, 5.41) is 54.9. The summed E-state index contributed by atoms with van der Waals surface area (Å²) in [6.45, 7) is 3.68. The zero-order valence-corrected chi connectivity index (χ0v) is 59.8.